The van der Waals surface area contributed by atoms with Crippen LogP contribution in [0.2, 0.25) is 0 Å². The number of ether oxygens (including phenoxy) is 1. The smallest absolute Gasteiger partial charge is 0.337 e. The summed E-state index contributed by atoms with van der Waals surface area (Å²) < 4.78 is 5.58. The van der Waals surface area contributed by atoms with Crippen LogP contribution in [0.5, 0.6) is 0 Å². The first-order valence-electron chi connectivity index (χ1n) is 5.03. The second-order valence-electron chi connectivity index (χ2n) is 3.29. The first kappa shape index (κ1) is 13.0. The van der Waals surface area contributed by atoms with Crippen molar-refractivity contribution in [1.82, 2.24) is 9.97 Å². The topological polar surface area (TPSA) is 52.1 Å². The van der Waals surface area contributed by atoms with Crippen molar-refractivity contribution in [3.05, 3.63) is 46.7 Å². The van der Waals surface area contributed by atoms with Crippen molar-refractivity contribution in [3.8, 4) is 0 Å². The molecule has 6 heteroatoms. The molecule has 18 heavy (non-hydrogen) atoms. The van der Waals surface area contributed by atoms with E-state index < -0.39 is 0 Å². The maximum absolute atomic E-state index is 11.4. The van der Waals surface area contributed by atoms with E-state index in [1.165, 1.54) is 18.9 Å². The Kier molecular flexibility index (Phi) is 4.33. The highest BCUT2D eigenvalue weighted by molar-refractivity contribution is 9.10. The van der Waals surface area contributed by atoms with E-state index in [0.29, 0.717) is 10.6 Å². The third-order valence-electron chi connectivity index (χ3n) is 2.07. The number of pyridine rings is 2. The van der Waals surface area contributed by atoms with Crippen LogP contribution in [-0.4, -0.2) is 23.0 Å². The number of esters is 1. The van der Waals surface area contributed by atoms with Crippen LogP contribution in [-0.2, 0) is 4.74 Å². The molecule has 0 aliphatic carbocycles. The van der Waals surface area contributed by atoms with Gasteiger partial charge in [0.15, 0.2) is 0 Å². The Morgan fingerprint density at radius 3 is 2.78 bits per heavy atom. The quantitative estimate of drug-likeness (QED) is 0.811. The van der Waals surface area contributed by atoms with Crippen LogP contribution < -0.4 is 0 Å². The maximum Gasteiger partial charge on any atom is 0.337 e. The molecule has 0 saturated heterocycles. The van der Waals surface area contributed by atoms with E-state index in [2.05, 4.69) is 30.6 Å². The fourth-order valence-electron chi connectivity index (χ4n) is 1.24. The van der Waals surface area contributed by atoms with Crippen LogP contribution in [0, 0.1) is 0 Å². The molecule has 0 aliphatic rings. The Hall–Kier alpha value is -1.40. The summed E-state index contributed by atoms with van der Waals surface area (Å²) in [7, 11) is 1.35. The van der Waals surface area contributed by atoms with Crippen molar-refractivity contribution in [1.29, 1.82) is 0 Å². The van der Waals surface area contributed by atoms with Gasteiger partial charge in [-0.1, -0.05) is 11.8 Å². The van der Waals surface area contributed by atoms with Gasteiger partial charge in [0.05, 0.1) is 12.7 Å². The van der Waals surface area contributed by atoms with E-state index in [1.54, 1.807) is 24.5 Å². The van der Waals surface area contributed by atoms with Crippen LogP contribution in [0.1, 0.15) is 10.4 Å². The molecular weight excluding hydrogens is 316 g/mol. The largest absolute Gasteiger partial charge is 0.465 e. The SMILES string of the molecule is COC(=O)c1ccnc(Sc2ccc(Br)cn2)c1. The van der Waals surface area contributed by atoms with Crippen LogP contribution in [0.25, 0.3) is 0 Å². The van der Waals surface area contributed by atoms with Crippen LogP contribution in [0.15, 0.2) is 51.2 Å². The molecule has 0 radical (unpaired) electrons. The number of hydrogen-bond donors (Lipinski definition) is 0. The number of methoxy groups -OCH3 is 1. The lowest BCUT2D eigenvalue weighted by molar-refractivity contribution is 0.0600. The molecule has 0 fully saturated rings. The zero-order valence-electron chi connectivity index (χ0n) is 9.46. The zero-order valence-corrected chi connectivity index (χ0v) is 11.9. The van der Waals surface area contributed by atoms with Gasteiger partial charge in [-0.25, -0.2) is 14.8 Å². The Labute approximate surface area is 117 Å². The summed E-state index contributed by atoms with van der Waals surface area (Å²) >= 11 is 4.71. The number of rotatable bonds is 3. The summed E-state index contributed by atoms with van der Waals surface area (Å²) in [6.45, 7) is 0. The number of halogens is 1. The molecule has 2 aromatic rings. The summed E-state index contributed by atoms with van der Waals surface area (Å²) in [5.74, 6) is -0.372. The second kappa shape index (κ2) is 5.97. The predicted molar refractivity (Wildman–Crippen MR) is 71.6 cm³/mol. The van der Waals surface area contributed by atoms with Crippen molar-refractivity contribution < 1.29 is 9.53 Å². The van der Waals surface area contributed by atoms with Gasteiger partial charge in [-0.2, -0.15) is 0 Å². The number of nitrogens with zero attached hydrogens (tertiary/aromatic N) is 2. The van der Waals surface area contributed by atoms with E-state index in [4.69, 9.17) is 0 Å². The number of carbonyl (C=O) groups excluding carboxylic acids is 1. The van der Waals surface area contributed by atoms with Crippen LogP contribution in [0.4, 0.5) is 0 Å². The van der Waals surface area contributed by atoms with Crippen molar-refractivity contribution in [2.24, 2.45) is 0 Å². The molecule has 0 amide bonds. The van der Waals surface area contributed by atoms with E-state index in [9.17, 15) is 4.79 Å². The molecule has 92 valence electrons. The lowest BCUT2D eigenvalue weighted by Gasteiger charge is -2.02. The average Bonchev–Trinajstić information content (AvgIpc) is 2.41. The standard InChI is InChI=1S/C12H9BrN2O2S/c1-17-12(16)8-4-5-14-11(6-8)18-10-3-2-9(13)7-15-10/h2-7H,1H3. The van der Waals surface area contributed by atoms with E-state index in [1.807, 2.05) is 12.1 Å². The normalized spacial score (nSPS) is 10.1. The summed E-state index contributed by atoms with van der Waals surface area (Å²) in [6.07, 6.45) is 3.29. The number of hydrogen-bond acceptors (Lipinski definition) is 5. The summed E-state index contributed by atoms with van der Waals surface area (Å²) in [5.41, 5.74) is 0.479. The van der Waals surface area contributed by atoms with Gasteiger partial charge in [0, 0.05) is 16.9 Å². The molecule has 0 spiro atoms. The van der Waals surface area contributed by atoms with Gasteiger partial charge in [-0.05, 0) is 40.2 Å². The minimum atomic E-state index is -0.372. The molecule has 0 N–H and O–H groups in total. The molecule has 4 nitrogen and oxygen atoms in total. The maximum atomic E-state index is 11.4. The van der Waals surface area contributed by atoms with E-state index in [0.717, 1.165) is 9.50 Å². The highest BCUT2D eigenvalue weighted by atomic mass is 79.9. The van der Waals surface area contributed by atoms with Gasteiger partial charge in [0.25, 0.3) is 0 Å². The molecule has 0 bridgehead atoms. The first-order valence-corrected chi connectivity index (χ1v) is 6.64. The van der Waals surface area contributed by atoms with Gasteiger partial charge in [0.1, 0.15) is 10.1 Å². The Morgan fingerprint density at radius 2 is 2.11 bits per heavy atom. The molecule has 2 aromatic heterocycles. The lowest BCUT2D eigenvalue weighted by Crippen LogP contribution is -2.01. The minimum absolute atomic E-state index is 0.372. The molecule has 0 unspecified atom stereocenters. The number of aromatic nitrogens is 2. The Balaban J connectivity index is 2.19. The highest BCUT2D eigenvalue weighted by Crippen LogP contribution is 2.25. The molecule has 2 rings (SSSR count). The average molecular weight is 325 g/mol. The third-order valence-corrected chi connectivity index (χ3v) is 3.42. The van der Waals surface area contributed by atoms with Crippen molar-refractivity contribution >= 4 is 33.7 Å². The molecular formula is C12H9BrN2O2S. The molecule has 0 saturated carbocycles. The van der Waals surface area contributed by atoms with Gasteiger partial charge in [0.2, 0.25) is 0 Å². The summed E-state index contributed by atoms with van der Waals surface area (Å²) in [4.78, 5) is 19.8. The van der Waals surface area contributed by atoms with Gasteiger partial charge in [-0.15, -0.1) is 0 Å². The molecule has 0 aromatic carbocycles. The van der Waals surface area contributed by atoms with Crippen molar-refractivity contribution in [3.63, 3.8) is 0 Å². The van der Waals surface area contributed by atoms with Gasteiger partial charge >= 0.3 is 5.97 Å². The fourth-order valence-corrected chi connectivity index (χ4v) is 2.23. The zero-order chi connectivity index (χ0) is 13.0. The second-order valence-corrected chi connectivity index (χ2v) is 5.25. The first-order chi connectivity index (χ1) is 8.69. The molecule has 2 heterocycles. The molecule has 0 aliphatic heterocycles. The van der Waals surface area contributed by atoms with Crippen molar-refractivity contribution in [2.75, 3.05) is 7.11 Å². The summed E-state index contributed by atoms with van der Waals surface area (Å²) in [5, 5.41) is 1.51. The Morgan fingerprint density at radius 1 is 1.28 bits per heavy atom. The van der Waals surface area contributed by atoms with Crippen LogP contribution >= 0.6 is 27.7 Å². The summed E-state index contributed by atoms with van der Waals surface area (Å²) in [6, 6.07) is 7.08. The van der Waals surface area contributed by atoms with E-state index >= 15 is 0 Å². The fraction of sp³-hybridized carbons (Fsp3) is 0.0833. The van der Waals surface area contributed by atoms with E-state index in [-0.39, 0.29) is 5.97 Å². The highest BCUT2D eigenvalue weighted by Gasteiger charge is 2.07. The lowest BCUT2D eigenvalue weighted by atomic mass is 10.3. The third kappa shape index (κ3) is 3.30. The monoisotopic (exact) mass is 324 g/mol. The minimum Gasteiger partial charge on any atom is -0.465 e. The predicted octanol–water partition coefficient (Wildman–Crippen LogP) is 3.18. The molecule has 0 atom stereocenters. The van der Waals surface area contributed by atoms with Gasteiger partial charge in [-0.3, -0.25) is 0 Å². The van der Waals surface area contributed by atoms with Crippen LogP contribution in [0.3, 0.4) is 0 Å². The van der Waals surface area contributed by atoms with Crippen molar-refractivity contribution in [2.45, 2.75) is 10.1 Å². The Bertz CT molecular complexity index is 560. The number of carbonyl (C=O) groups is 1. The van der Waals surface area contributed by atoms with Gasteiger partial charge < -0.3 is 4.74 Å².